The average molecular weight is 305 g/mol. The minimum Gasteiger partial charge on any atom is -0.295 e. The lowest BCUT2D eigenvalue weighted by Gasteiger charge is -2.09. The molecule has 0 aliphatic carbocycles. The third kappa shape index (κ3) is 2.19. The van der Waals surface area contributed by atoms with E-state index in [-0.39, 0.29) is 5.56 Å². The Morgan fingerprint density at radius 1 is 1.00 bits per heavy atom. The van der Waals surface area contributed by atoms with E-state index in [1.807, 2.05) is 12.1 Å². The molecule has 3 rings (SSSR count). The van der Waals surface area contributed by atoms with Crippen LogP contribution in [0.25, 0.3) is 22.3 Å². The lowest BCUT2D eigenvalue weighted by molar-refractivity contribution is 0.856. The molecule has 5 heteroatoms. The molecular formula is C15H10Cl2N2O. The number of fused-ring (bicyclic) bond motifs is 1. The van der Waals surface area contributed by atoms with E-state index in [9.17, 15) is 4.79 Å². The SMILES string of the molecule is Cn1c(-c2ccc(Cl)cc2)nc2cc(Cl)ccc2c1=O. The fraction of sp³-hybridized carbons (Fsp3) is 0.0667. The van der Waals surface area contributed by atoms with Crippen molar-refractivity contribution in [2.24, 2.45) is 7.05 Å². The summed E-state index contributed by atoms with van der Waals surface area (Å²) in [4.78, 5) is 16.9. The maximum atomic E-state index is 12.4. The zero-order valence-electron chi connectivity index (χ0n) is 10.6. The Balaban J connectivity index is 2.33. The molecule has 0 aliphatic heterocycles. The van der Waals surface area contributed by atoms with Crippen molar-refractivity contribution in [1.82, 2.24) is 9.55 Å². The summed E-state index contributed by atoms with van der Waals surface area (Å²) in [5, 5.41) is 1.75. The van der Waals surface area contributed by atoms with E-state index in [0.717, 1.165) is 5.56 Å². The highest BCUT2D eigenvalue weighted by molar-refractivity contribution is 6.31. The average Bonchev–Trinajstić information content (AvgIpc) is 2.44. The van der Waals surface area contributed by atoms with Gasteiger partial charge in [0.2, 0.25) is 0 Å². The summed E-state index contributed by atoms with van der Waals surface area (Å²) in [6.45, 7) is 0. The van der Waals surface area contributed by atoms with E-state index < -0.39 is 0 Å². The van der Waals surface area contributed by atoms with Gasteiger partial charge in [0.1, 0.15) is 5.82 Å². The molecule has 0 aliphatic rings. The first-order valence-corrected chi connectivity index (χ1v) is 6.74. The Hall–Kier alpha value is -1.84. The number of rotatable bonds is 1. The summed E-state index contributed by atoms with van der Waals surface area (Å²) in [6.07, 6.45) is 0. The molecule has 3 aromatic rings. The zero-order chi connectivity index (χ0) is 14.3. The summed E-state index contributed by atoms with van der Waals surface area (Å²) in [5.74, 6) is 0.585. The van der Waals surface area contributed by atoms with Crippen LogP contribution in [0.2, 0.25) is 10.0 Å². The van der Waals surface area contributed by atoms with Crippen molar-refractivity contribution in [3.8, 4) is 11.4 Å². The maximum Gasteiger partial charge on any atom is 0.261 e. The van der Waals surface area contributed by atoms with E-state index in [1.165, 1.54) is 4.57 Å². The third-order valence-corrected chi connectivity index (χ3v) is 3.63. The number of nitrogens with zero attached hydrogens (tertiary/aromatic N) is 2. The van der Waals surface area contributed by atoms with E-state index in [0.29, 0.717) is 26.8 Å². The second-order valence-corrected chi connectivity index (χ2v) is 5.34. The molecule has 20 heavy (non-hydrogen) atoms. The summed E-state index contributed by atoms with van der Waals surface area (Å²) in [5.41, 5.74) is 1.32. The Morgan fingerprint density at radius 2 is 1.65 bits per heavy atom. The van der Waals surface area contributed by atoms with Gasteiger partial charge in [-0.15, -0.1) is 0 Å². The van der Waals surface area contributed by atoms with E-state index in [2.05, 4.69) is 4.98 Å². The maximum absolute atomic E-state index is 12.4. The summed E-state index contributed by atoms with van der Waals surface area (Å²) < 4.78 is 1.53. The Bertz CT molecular complexity index is 854. The fourth-order valence-corrected chi connectivity index (χ4v) is 2.39. The van der Waals surface area contributed by atoms with Crippen LogP contribution in [0.4, 0.5) is 0 Å². The number of aromatic nitrogens is 2. The molecule has 2 aromatic carbocycles. The van der Waals surface area contributed by atoms with Crippen LogP contribution in [0.1, 0.15) is 0 Å². The van der Waals surface area contributed by atoms with Crippen molar-refractivity contribution in [2.75, 3.05) is 0 Å². The van der Waals surface area contributed by atoms with Gasteiger partial charge in [0.25, 0.3) is 5.56 Å². The quantitative estimate of drug-likeness (QED) is 0.683. The van der Waals surface area contributed by atoms with Crippen molar-refractivity contribution in [3.63, 3.8) is 0 Å². The predicted octanol–water partition coefficient (Wildman–Crippen LogP) is 3.91. The second-order valence-electron chi connectivity index (χ2n) is 4.47. The molecule has 100 valence electrons. The number of hydrogen-bond donors (Lipinski definition) is 0. The molecule has 0 saturated carbocycles. The molecule has 0 saturated heterocycles. The standard InChI is InChI=1S/C15H10Cl2N2O/c1-19-14(9-2-4-10(16)5-3-9)18-13-8-11(17)6-7-12(13)15(19)20/h2-8H,1H3. The minimum atomic E-state index is -0.100. The fourth-order valence-electron chi connectivity index (χ4n) is 2.10. The van der Waals surface area contributed by atoms with Gasteiger partial charge in [-0.3, -0.25) is 9.36 Å². The van der Waals surface area contributed by atoms with Crippen molar-refractivity contribution < 1.29 is 0 Å². The number of halogens is 2. The highest BCUT2D eigenvalue weighted by Gasteiger charge is 2.10. The van der Waals surface area contributed by atoms with Crippen LogP contribution in [0, 0.1) is 0 Å². The molecule has 0 fully saturated rings. The van der Waals surface area contributed by atoms with Gasteiger partial charge in [-0.2, -0.15) is 0 Å². The van der Waals surface area contributed by atoms with Crippen LogP contribution in [0.15, 0.2) is 47.3 Å². The first-order valence-electron chi connectivity index (χ1n) is 5.98. The topological polar surface area (TPSA) is 34.9 Å². The van der Waals surface area contributed by atoms with E-state index >= 15 is 0 Å². The smallest absolute Gasteiger partial charge is 0.261 e. The van der Waals surface area contributed by atoms with Gasteiger partial charge in [0.05, 0.1) is 10.9 Å². The van der Waals surface area contributed by atoms with Crippen molar-refractivity contribution in [2.45, 2.75) is 0 Å². The van der Waals surface area contributed by atoms with Crippen LogP contribution in [-0.2, 0) is 7.05 Å². The molecular weight excluding hydrogens is 295 g/mol. The van der Waals surface area contributed by atoms with Gasteiger partial charge in [-0.25, -0.2) is 4.98 Å². The van der Waals surface area contributed by atoms with E-state index in [4.69, 9.17) is 23.2 Å². The van der Waals surface area contributed by atoms with Gasteiger partial charge in [0.15, 0.2) is 0 Å². The van der Waals surface area contributed by atoms with Gasteiger partial charge in [-0.05, 0) is 42.5 Å². The number of benzene rings is 2. The van der Waals surface area contributed by atoms with Gasteiger partial charge >= 0.3 is 0 Å². The summed E-state index contributed by atoms with van der Waals surface area (Å²) in [7, 11) is 1.70. The van der Waals surface area contributed by atoms with Crippen LogP contribution in [-0.4, -0.2) is 9.55 Å². The molecule has 0 radical (unpaired) electrons. The molecule has 0 amide bonds. The van der Waals surface area contributed by atoms with Crippen molar-refractivity contribution >= 4 is 34.1 Å². The number of hydrogen-bond acceptors (Lipinski definition) is 2. The highest BCUT2D eigenvalue weighted by atomic mass is 35.5. The minimum absolute atomic E-state index is 0.100. The first kappa shape index (κ1) is 13.2. The third-order valence-electron chi connectivity index (χ3n) is 3.14. The normalized spacial score (nSPS) is 10.9. The largest absolute Gasteiger partial charge is 0.295 e. The van der Waals surface area contributed by atoms with Crippen LogP contribution < -0.4 is 5.56 Å². The van der Waals surface area contributed by atoms with Crippen LogP contribution in [0.3, 0.4) is 0 Å². The zero-order valence-corrected chi connectivity index (χ0v) is 12.1. The molecule has 0 spiro atoms. The van der Waals surface area contributed by atoms with Crippen LogP contribution >= 0.6 is 23.2 Å². The van der Waals surface area contributed by atoms with Crippen LogP contribution in [0.5, 0.6) is 0 Å². The van der Waals surface area contributed by atoms with E-state index in [1.54, 1.807) is 37.4 Å². The Labute approximate surface area is 125 Å². The van der Waals surface area contributed by atoms with Gasteiger partial charge in [-0.1, -0.05) is 23.2 Å². The molecule has 0 unspecified atom stereocenters. The summed E-state index contributed by atoms with van der Waals surface area (Å²) >= 11 is 11.8. The lowest BCUT2D eigenvalue weighted by atomic mass is 10.2. The predicted molar refractivity (Wildman–Crippen MR) is 82.4 cm³/mol. The lowest BCUT2D eigenvalue weighted by Crippen LogP contribution is -2.20. The second kappa shape index (κ2) is 4.93. The molecule has 1 heterocycles. The molecule has 1 aromatic heterocycles. The molecule has 3 nitrogen and oxygen atoms in total. The van der Waals surface area contributed by atoms with Gasteiger partial charge in [0, 0.05) is 22.7 Å². The Kier molecular flexibility index (Phi) is 3.24. The Morgan fingerprint density at radius 3 is 2.35 bits per heavy atom. The molecule has 0 bridgehead atoms. The summed E-state index contributed by atoms with van der Waals surface area (Å²) in [6, 6.07) is 12.3. The van der Waals surface area contributed by atoms with Gasteiger partial charge < -0.3 is 0 Å². The van der Waals surface area contributed by atoms with Crippen molar-refractivity contribution in [1.29, 1.82) is 0 Å². The van der Waals surface area contributed by atoms with Crippen molar-refractivity contribution in [3.05, 3.63) is 62.9 Å². The monoisotopic (exact) mass is 304 g/mol. The molecule has 0 atom stereocenters. The highest BCUT2D eigenvalue weighted by Crippen LogP contribution is 2.21. The first-order chi connectivity index (χ1) is 9.56. The molecule has 0 N–H and O–H groups in total.